The van der Waals surface area contributed by atoms with E-state index in [4.69, 9.17) is 0 Å². The minimum atomic E-state index is 0.194. The van der Waals surface area contributed by atoms with E-state index >= 15 is 0 Å². The molecular formula is C16H28N2S. The molecule has 2 nitrogen and oxygen atoms in total. The summed E-state index contributed by atoms with van der Waals surface area (Å²) in [6.07, 6.45) is 3.90. The third-order valence-corrected chi connectivity index (χ3v) is 5.19. The zero-order valence-electron chi connectivity index (χ0n) is 12.8. The highest BCUT2D eigenvalue weighted by molar-refractivity contribution is 7.10. The summed E-state index contributed by atoms with van der Waals surface area (Å²) < 4.78 is 0. The molecule has 1 N–H and O–H groups in total. The van der Waals surface area contributed by atoms with Crippen LogP contribution in [-0.4, -0.2) is 30.1 Å². The Bertz CT molecular complexity index is 391. The molecule has 1 saturated heterocycles. The first-order valence-corrected chi connectivity index (χ1v) is 8.47. The molecule has 2 rings (SSSR count). The van der Waals surface area contributed by atoms with Crippen molar-refractivity contribution in [3.63, 3.8) is 0 Å². The third kappa shape index (κ3) is 3.39. The van der Waals surface area contributed by atoms with E-state index in [1.165, 1.54) is 42.8 Å². The Morgan fingerprint density at radius 1 is 1.37 bits per heavy atom. The van der Waals surface area contributed by atoms with E-state index in [2.05, 4.69) is 49.4 Å². The lowest BCUT2D eigenvalue weighted by Gasteiger charge is -2.42. The Kier molecular flexibility index (Phi) is 5.04. The highest BCUT2D eigenvalue weighted by Gasteiger charge is 2.37. The summed E-state index contributed by atoms with van der Waals surface area (Å²) in [5, 5.41) is 6.12. The maximum atomic E-state index is 3.78. The van der Waals surface area contributed by atoms with Crippen LogP contribution in [0.4, 0.5) is 0 Å². The van der Waals surface area contributed by atoms with Crippen molar-refractivity contribution in [1.82, 2.24) is 10.2 Å². The molecule has 2 heterocycles. The van der Waals surface area contributed by atoms with Crippen LogP contribution in [0.5, 0.6) is 0 Å². The van der Waals surface area contributed by atoms with Crippen molar-refractivity contribution in [2.45, 2.75) is 58.5 Å². The number of rotatable bonds is 6. The molecule has 0 amide bonds. The van der Waals surface area contributed by atoms with Gasteiger partial charge in [0.25, 0.3) is 0 Å². The highest BCUT2D eigenvalue weighted by atomic mass is 32.1. The molecule has 0 radical (unpaired) electrons. The van der Waals surface area contributed by atoms with Crippen molar-refractivity contribution in [1.29, 1.82) is 0 Å². The van der Waals surface area contributed by atoms with Gasteiger partial charge in [0, 0.05) is 10.4 Å². The van der Waals surface area contributed by atoms with Crippen LogP contribution in [0.2, 0.25) is 0 Å². The zero-order chi connectivity index (χ0) is 13.9. The average Bonchev–Trinajstić information content (AvgIpc) is 3.01. The van der Waals surface area contributed by atoms with E-state index in [1.54, 1.807) is 0 Å². The number of aryl methyl sites for hydroxylation is 1. The van der Waals surface area contributed by atoms with Gasteiger partial charge in [0.15, 0.2) is 0 Å². The molecule has 1 aliphatic heterocycles. The quantitative estimate of drug-likeness (QED) is 0.848. The monoisotopic (exact) mass is 280 g/mol. The van der Waals surface area contributed by atoms with Crippen LogP contribution >= 0.6 is 11.3 Å². The maximum Gasteiger partial charge on any atom is 0.0510 e. The first-order chi connectivity index (χ1) is 9.05. The number of hydrogen-bond donors (Lipinski definition) is 1. The zero-order valence-corrected chi connectivity index (χ0v) is 13.6. The van der Waals surface area contributed by atoms with E-state index < -0.39 is 0 Å². The fourth-order valence-corrected chi connectivity index (χ4v) is 3.89. The lowest BCUT2D eigenvalue weighted by atomic mass is 9.88. The van der Waals surface area contributed by atoms with Crippen molar-refractivity contribution in [2.75, 3.05) is 19.6 Å². The topological polar surface area (TPSA) is 15.3 Å². The Labute approximate surface area is 122 Å². The second-order valence-electron chi connectivity index (χ2n) is 6.23. The summed E-state index contributed by atoms with van der Waals surface area (Å²) in [6, 6.07) is 2.80. The molecule has 0 saturated carbocycles. The van der Waals surface area contributed by atoms with Crippen LogP contribution in [0.1, 0.15) is 56.5 Å². The number of nitrogens with one attached hydrogen (secondary N) is 1. The summed E-state index contributed by atoms with van der Waals surface area (Å²) in [6.45, 7) is 12.8. The molecule has 1 aliphatic rings. The molecular weight excluding hydrogens is 252 g/mol. The molecule has 1 fully saturated rings. The Balaban J connectivity index is 2.20. The molecule has 0 spiro atoms. The summed E-state index contributed by atoms with van der Waals surface area (Å²) in [5.74, 6) is 0. The largest absolute Gasteiger partial charge is 0.308 e. The predicted octanol–water partition coefficient (Wildman–Crippen LogP) is 3.97. The van der Waals surface area contributed by atoms with E-state index in [-0.39, 0.29) is 5.54 Å². The Morgan fingerprint density at radius 3 is 2.58 bits per heavy atom. The molecule has 0 bridgehead atoms. The van der Waals surface area contributed by atoms with Gasteiger partial charge in [-0.1, -0.05) is 6.92 Å². The fraction of sp³-hybridized carbons (Fsp3) is 0.750. The summed E-state index contributed by atoms with van der Waals surface area (Å²) >= 11 is 1.87. The van der Waals surface area contributed by atoms with Crippen LogP contribution in [0.25, 0.3) is 0 Å². The molecule has 1 aromatic rings. The number of thiophene rings is 1. The van der Waals surface area contributed by atoms with Crippen LogP contribution in [0.3, 0.4) is 0 Å². The van der Waals surface area contributed by atoms with Crippen LogP contribution in [-0.2, 0) is 0 Å². The Hall–Kier alpha value is -0.380. The average molecular weight is 280 g/mol. The van der Waals surface area contributed by atoms with Crippen LogP contribution in [0.15, 0.2) is 11.4 Å². The second-order valence-corrected chi connectivity index (χ2v) is 7.34. The smallest absolute Gasteiger partial charge is 0.0510 e. The minimum Gasteiger partial charge on any atom is -0.308 e. The first-order valence-electron chi connectivity index (χ1n) is 7.59. The summed E-state index contributed by atoms with van der Waals surface area (Å²) in [4.78, 5) is 4.07. The van der Waals surface area contributed by atoms with E-state index in [0.29, 0.717) is 6.04 Å². The fourth-order valence-electron chi connectivity index (χ4n) is 3.16. The minimum absolute atomic E-state index is 0.194. The van der Waals surface area contributed by atoms with Gasteiger partial charge in [-0.2, -0.15) is 0 Å². The molecule has 19 heavy (non-hydrogen) atoms. The standard InChI is InChI=1S/C16H28N2S/c1-5-8-17-15(14-11-13(2)19-12-14)16(3,4)18-9-6-7-10-18/h11-12,15,17H,5-10H2,1-4H3. The van der Waals surface area contributed by atoms with Crippen molar-refractivity contribution < 1.29 is 0 Å². The van der Waals surface area contributed by atoms with Crippen molar-refractivity contribution in [2.24, 2.45) is 0 Å². The van der Waals surface area contributed by atoms with Crippen molar-refractivity contribution >= 4 is 11.3 Å². The third-order valence-electron chi connectivity index (χ3n) is 4.31. The van der Waals surface area contributed by atoms with Crippen LogP contribution < -0.4 is 5.32 Å². The van der Waals surface area contributed by atoms with Gasteiger partial charge < -0.3 is 5.32 Å². The summed E-state index contributed by atoms with van der Waals surface area (Å²) in [5.41, 5.74) is 1.66. The SMILES string of the molecule is CCCNC(c1csc(C)c1)C(C)(C)N1CCCC1. The van der Waals surface area contributed by atoms with E-state index in [9.17, 15) is 0 Å². The van der Waals surface area contributed by atoms with Gasteiger partial charge in [-0.3, -0.25) is 4.90 Å². The molecule has 3 heteroatoms. The van der Waals surface area contributed by atoms with Crippen molar-refractivity contribution in [3.05, 3.63) is 21.9 Å². The molecule has 0 aliphatic carbocycles. The van der Waals surface area contributed by atoms with Gasteiger partial charge in [0.1, 0.15) is 0 Å². The van der Waals surface area contributed by atoms with Gasteiger partial charge in [-0.25, -0.2) is 0 Å². The highest BCUT2D eigenvalue weighted by Crippen LogP contribution is 2.35. The number of likely N-dealkylation sites (tertiary alicyclic amines) is 1. The lowest BCUT2D eigenvalue weighted by molar-refractivity contribution is 0.107. The van der Waals surface area contributed by atoms with Gasteiger partial charge in [-0.15, -0.1) is 11.3 Å². The van der Waals surface area contributed by atoms with Gasteiger partial charge in [0.05, 0.1) is 6.04 Å². The van der Waals surface area contributed by atoms with E-state index in [1.807, 2.05) is 11.3 Å². The normalized spacial score (nSPS) is 18.9. The second kappa shape index (κ2) is 6.38. The molecule has 0 aromatic carbocycles. The Morgan fingerprint density at radius 2 is 2.05 bits per heavy atom. The van der Waals surface area contributed by atoms with E-state index in [0.717, 1.165) is 6.54 Å². The first kappa shape index (κ1) is 15.0. The molecule has 1 atom stereocenters. The van der Waals surface area contributed by atoms with Gasteiger partial charge in [0.2, 0.25) is 0 Å². The molecule has 1 aromatic heterocycles. The lowest BCUT2D eigenvalue weighted by Crippen LogP contribution is -2.51. The van der Waals surface area contributed by atoms with Crippen LogP contribution in [0, 0.1) is 6.92 Å². The molecule has 1 unspecified atom stereocenters. The molecule has 108 valence electrons. The maximum absolute atomic E-state index is 3.78. The van der Waals surface area contributed by atoms with Crippen molar-refractivity contribution in [3.8, 4) is 0 Å². The number of hydrogen-bond acceptors (Lipinski definition) is 3. The summed E-state index contributed by atoms with van der Waals surface area (Å²) in [7, 11) is 0. The van der Waals surface area contributed by atoms with Gasteiger partial charge in [-0.05, 0) is 76.7 Å². The van der Waals surface area contributed by atoms with Gasteiger partial charge >= 0.3 is 0 Å². The number of nitrogens with zero attached hydrogens (tertiary/aromatic N) is 1. The predicted molar refractivity (Wildman–Crippen MR) is 85.0 cm³/mol.